The van der Waals surface area contributed by atoms with Crippen molar-refractivity contribution in [3.05, 3.63) is 16.4 Å². The Morgan fingerprint density at radius 2 is 2.47 bits per heavy atom. The van der Waals surface area contributed by atoms with Crippen LogP contribution in [0.1, 0.15) is 17.4 Å². The molecule has 0 spiro atoms. The number of hydrogen-bond donors (Lipinski definition) is 1. The molecule has 0 fully saturated rings. The van der Waals surface area contributed by atoms with E-state index in [1.807, 2.05) is 6.92 Å². The van der Waals surface area contributed by atoms with Gasteiger partial charge in [-0.2, -0.15) is 5.10 Å². The number of ether oxygens (including phenoxy) is 1. The van der Waals surface area contributed by atoms with E-state index in [0.29, 0.717) is 29.9 Å². The molecule has 1 heterocycles. The summed E-state index contributed by atoms with van der Waals surface area (Å²) in [7, 11) is 0. The molecule has 1 aromatic rings. The van der Waals surface area contributed by atoms with Crippen molar-refractivity contribution in [1.82, 2.24) is 9.78 Å². The van der Waals surface area contributed by atoms with Crippen molar-refractivity contribution in [2.45, 2.75) is 13.5 Å². The van der Waals surface area contributed by atoms with Gasteiger partial charge in [-0.3, -0.25) is 9.48 Å². The number of nitrogens with zero attached hydrogens (tertiary/aromatic N) is 2. The van der Waals surface area contributed by atoms with Crippen LogP contribution < -0.4 is 5.73 Å². The molecule has 0 saturated heterocycles. The summed E-state index contributed by atoms with van der Waals surface area (Å²) in [5.41, 5.74) is 5.81. The molecule has 1 aromatic heterocycles. The summed E-state index contributed by atoms with van der Waals surface area (Å²) >= 11 is 3.28. The third kappa shape index (κ3) is 3.12. The molecule has 0 radical (unpaired) electrons. The van der Waals surface area contributed by atoms with Gasteiger partial charge in [0.1, 0.15) is 12.3 Å². The number of Topliss-reactive ketones (excluding diaryl/α,β-unsaturated/α-hetero) is 1. The molecule has 0 atom stereocenters. The Balaban J connectivity index is 2.67. The Morgan fingerprint density at radius 1 is 1.73 bits per heavy atom. The van der Waals surface area contributed by atoms with Crippen LogP contribution in [0.2, 0.25) is 0 Å². The number of rotatable bonds is 6. The summed E-state index contributed by atoms with van der Waals surface area (Å²) in [6, 6.07) is 0. The lowest BCUT2D eigenvalue weighted by atomic mass is 10.3. The predicted octanol–water partition coefficient (Wildman–Crippen LogP) is 0.824. The van der Waals surface area contributed by atoms with Gasteiger partial charge in [-0.15, -0.1) is 0 Å². The van der Waals surface area contributed by atoms with Crippen molar-refractivity contribution in [3.8, 4) is 0 Å². The highest BCUT2D eigenvalue weighted by Crippen LogP contribution is 2.16. The average Bonchev–Trinajstić information content (AvgIpc) is 2.59. The number of nitrogens with two attached hydrogens (primary N) is 1. The summed E-state index contributed by atoms with van der Waals surface area (Å²) in [5.74, 6) is -0.0883. The highest BCUT2D eigenvalue weighted by atomic mass is 79.9. The lowest BCUT2D eigenvalue weighted by molar-refractivity contribution is 0.0762. The zero-order valence-electron chi connectivity index (χ0n) is 8.57. The summed E-state index contributed by atoms with van der Waals surface area (Å²) in [6.07, 6.45) is 1.61. The monoisotopic (exact) mass is 275 g/mol. The quantitative estimate of drug-likeness (QED) is 0.617. The lowest BCUT2D eigenvalue weighted by Crippen LogP contribution is -2.18. The molecule has 5 nitrogen and oxygen atoms in total. The minimum atomic E-state index is -0.0883. The van der Waals surface area contributed by atoms with Gasteiger partial charge in [-0.1, -0.05) is 0 Å². The number of ketones is 1. The van der Waals surface area contributed by atoms with E-state index in [1.165, 1.54) is 0 Å². The van der Waals surface area contributed by atoms with E-state index >= 15 is 0 Å². The Hall–Kier alpha value is -0.720. The predicted molar refractivity (Wildman–Crippen MR) is 59.8 cm³/mol. The number of aromatic nitrogens is 2. The largest absolute Gasteiger partial charge is 0.372 e. The second-order valence-electron chi connectivity index (χ2n) is 2.92. The highest BCUT2D eigenvalue weighted by Gasteiger charge is 2.15. The van der Waals surface area contributed by atoms with Crippen LogP contribution in [0, 0.1) is 0 Å². The van der Waals surface area contributed by atoms with E-state index in [0.717, 1.165) is 0 Å². The van der Waals surface area contributed by atoms with E-state index in [4.69, 9.17) is 10.5 Å². The number of halogens is 1. The number of carbonyl (C=O) groups is 1. The van der Waals surface area contributed by atoms with Crippen molar-refractivity contribution in [3.63, 3.8) is 0 Å². The molecule has 0 saturated carbocycles. The maximum Gasteiger partial charge on any atom is 0.207 e. The molecule has 0 aliphatic heterocycles. The SMILES string of the molecule is CCn1ncc(Br)c1C(=O)COCCN. The topological polar surface area (TPSA) is 70.1 Å². The Labute approximate surface area is 96.7 Å². The molecule has 0 aromatic carbocycles. The lowest BCUT2D eigenvalue weighted by Gasteiger charge is -2.05. The average molecular weight is 276 g/mol. The zero-order chi connectivity index (χ0) is 11.3. The third-order valence-electron chi connectivity index (χ3n) is 1.85. The summed E-state index contributed by atoms with van der Waals surface area (Å²) in [6.45, 7) is 3.44. The first-order chi connectivity index (χ1) is 7.20. The van der Waals surface area contributed by atoms with Gasteiger partial charge in [0.05, 0.1) is 17.3 Å². The van der Waals surface area contributed by atoms with E-state index < -0.39 is 0 Å². The zero-order valence-corrected chi connectivity index (χ0v) is 10.2. The van der Waals surface area contributed by atoms with Gasteiger partial charge in [0.25, 0.3) is 0 Å². The van der Waals surface area contributed by atoms with Crippen LogP contribution >= 0.6 is 15.9 Å². The molecule has 1 rings (SSSR count). The Morgan fingerprint density at radius 3 is 3.07 bits per heavy atom. The van der Waals surface area contributed by atoms with Crippen molar-refractivity contribution < 1.29 is 9.53 Å². The fourth-order valence-electron chi connectivity index (χ4n) is 1.20. The summed E-state index contributed by atoms with van der Waals surface area (Å²) < 4.78 is 7.42. The fraction of sp³-hybridized carbons (Fsp3) is 0.556. The van der Waals surface area contributed by atoms with Gasteiger partial charge in [0.2, 0.25) is 5.78 Å². The normalized spacial score (nSPS) is 10.6. The molecule has 2 N–H and O–H groups in total. The van der Waals surface area contributed by atoms with Crippen LogP contribution in [0.3, 0.4) is 0 Å². The van der Waals surface area contributed by atoms with Gasteiger partial charge in [0, 0.05) is 13.1 Å². The first-order valence-electron chi connectivity index (χ1n) is 4.73. The third-order valence-corrected chi connectivity index (χ3v) is 2.43. The van der Waals surface area contributed by atoms with Gasteiger partial charge >= 0.3 is 0 Å². The van der Waals surface area contributed by atoms with Crippen molar-refractivity contribution in [2.75, 3.05) is 19.8 Å². The van der Waals surface area contributed by atoms with Gasteiger partial charge in [-0.25, -0.2) is 0 Å². The maximum atomic E-state index is 11.7. The first-order valence-corrected chi connectivity index (χ1v) is 5.52. The minimum Gasteiger partial charge on any atom is -0.372 e. The van der Waals surface area contributed by atoms with E-state index in [2.05, 4.69) is 21.0 Å². The molecule has 0 bridgehead atoms. The molecule has 84 valence electrons. The smallest absolute Gasteiger partial charge is 0.207 e. The summed E-state index contributed by atoms with van der Waals surface area (Å²) in [4.78, 5) is 11.7. The van der Waals surface area contributed by atoms with Crippen molar-refractivity contribution >= 4 is 21.7 Å². The van der Waals surface area contributed by atoms with Gasteiger partial charge in [0.15, 0.2) is 0 Å². The van der Waals surface area contributed by atoms with E-state index in [1.54, 1.807) is 10.9 Å². The molecule has 15 heavy (non-hydrogen) atoms. The summed E-state index contributed by atoms with van der Waals surface area (Å²) in [5, 5.41) is 4.05. The van der Waals surface area contributed by atoms with Crippen LogP contribution in [0.25, 0.3) is 0 Å². The molecule has 0 aliphatic rings. The van der Waals surface area contributed by atoms with Crippen LogP contribution in [0.15, 0.2) is 10.7 Å². The van der Waals surface area contributed by atoms with Crippen LogP contribution in [0.5, 0.6) is 0 Å². The standard InChI is InChI=1S/C9H14BrN3O2/c1-2-13-9(7(10)5-12-13)8(14)6-15-4-3-11/h5H,2-4,6,11H2,1H3. The van der Waals surface area contributed by atoms with Gasteiger partial charge in [-0.05, 0) is 22.9 Å². The maximum absolute atomic E-state index is 11.7. The van der Waals surface area contributed by atoms with Crippen LogP contribution in [-0.2, 0) is 11.3 Å². The minimum absolute atomic E-state index is 0.0431. The van der Waals surface area contributed by atoms with Gasteiger partial charge < -0.3 is 10.5 Å². The van der Waals surface area contributed by atoms with Crippen molar-refractivity contribution in [1.29, 1.82) is 0 Å². The first kappa shape index (κ1) is 12.4. The Bertz CT molecular complexity index is 338. The number of hydrogen-bond acceptors (Lipinski definition) is 4. The molecule has 0 aliphatic carbocycles. The number of carbonyl (C=O) groups excluding carboxylic acids is 1. The molecule has 0 unspecified atom stereocenters. The molecule has 0 amide bonds. The van der Waals surface area contributed by atoms with E-state index in [9.17, 15) is 4.79 Å². The van der Waals surface area contributed by atoms with Crippen molar-refractivity contribution in [2.24, 2.45) is 5.73 Å². The molecular weight excluding hydrogens is 262 g/mol. The van der Waals surface area contributed by atoms with E-state index in [-0.39, 0.29) is 12.4 Å². The molecular formula is C9H14BrN3O2. The van der Waals surface area contributed by atoms with Crippen LogP contribution in [-0.4, -0.2) is 35.3 Å². The van der Waals surface area contributed by atoms with Crippen LogP contribution in [0.4, 0.5) is 0 Å². The Kier molecular flexibility index (Phi) is 4.93. The highest BCUT2D eigenvalue weighted by molar-refractivity contribution is 9.10. The molecule has 6 heteroatoms. The second-order valence-corrected chi connectivity index (χ2v) is 3.78. The second kappa shape index (κ2) is 5.99. The number of aryl methyl sites for hydroxylation is 1. The fourth-order valence-corrected chi connectivity index (χ4v) is 1.71.